The van der Waals surface area contributed by atoms with E-state index in [1.165, 1.54) is 12.1 Å². The highest BCUT2D eigenvalue weighted by Gasteiger charge is 2.05. The fraction of sp³-hybridized carbons (Fsp3) is 0.267. The summed E-state index contributed by atoms with van der Waals surface area (Å²) in [5.74, 6) is -0.657. The van der Waals surface area contributed by atoms with Crippen LogP contribution in [0.3, 0.4) is 0 Å². The largest absolute Gasteiger partial charge is 0.478 e. The summed E-state index contributed by atoms with van der Waals surface area (Å²) in [6.07, 6.45) is 4.13. The van der Waals surface area contributed by atoms with Gasteiger partial charge in [0.1, 0.15) is 0 Å². The Kier molecular flexibility index (Phi) is 4.71. The molecule has 1 heterocycles. The van der Waals surface area contributed by atoms with Gasteiger partial charge in [-0.05, 0) is 24.1 Å². The number of hydrogen-bond donors (Lipinski definition) is 2. The molecule has 0 amide bonds. The lowest BCUT2D eigenvalue weighted by atomic mass is 10.1. The van der Waals surface area contributed by atoms with Gasteiger partial charge < -0.3 is 15.0 Å². The second-order valence-electron chi connectivity index (χ2n) is 4.63. The van der Waals surface area contributed by atoms with Gasteiger partial charge >= 0.3 is 5.97 Å². The average molecular weight is 287 g/mol. The number of aromatic nitrogens is 2. The third-order valence-electron chi connectivity index (χ3n) is 3.04. The molecule has 21 heavy (non-hydrogen) atoms. The number of rotatable bonds is 6. The molecular weight excluding hydrogens is 270 g/mol. The SMILES string of the molecule is CCCn1ccnc(NCc2ccc(C(=O)O)cc2)c1=O. The molecule has 6 heteroatoms. The van der Waals surface area contributed by atoms with Crippen LogP contribution in [0, 0.1) is 0 Å². The van der Waals surface area contributed by atoms with Gasteiger partial charge in [-0.3, -0.25) is 4.79 Å². The van der Waals surface area contributed by atoms with Crippen LogP contribution >= 0.6 is 0 Å². The molecule has 0 aliphatic heterocycles. The Morgan fingerprint density at radius 3 is 2.67 bits per heavy atom. The number of carbonyl (C=O) groups is 1. The smallest absolute Gasteiger partial charge is 0.335 e. The fourth-order valence-electron chi connectivity index (χ4n) is 1.94. The lowest BCUT2D eigenvalue weighted by molar-refractivity contribution is 0.0697. The first-order valence-electron chi connectivity index (χ1n) is 6.73. The molecule has 0 aliphatic rings. The van der Waals surface area contributed by atoms with Gasteiger partial charge in [0.05, 0.1) is 5.56 Å². The molecule has 0 spiro atoms. The van der Waals surface area contributed by atoms with Gasteiger partial charge in [0.2, 0.25) is 0 Å². The maximum absolute atomic E-state index is 12.1. The van der Waals surface area contributed by atoms with Crippen molar-refractivity contribution in [3.05, 3.63) is 58.1 Å². The summed E-state index contributed by atoms with van der Waals surface area (Å²) in [6.45, 7) is 3.07. The lowest BCUT2D eigenvalue weighted by Crippen LogP contribution is -2.24. The number of aromatic carboxylic acids is 1. The predicted octanol–water partition coefficient (Wildman–Crippen LogP) is 1.96. The summed E-state index contributed by atoms with van der Waals surface area (Å²) in [5, 5.41) is 11.8. The molecule has 0 unspecified atom stereocenters. The van der Waals surface area contributed by atoms with E-state index >= 15 is 0 Å². The van der Waals surface area contributed by atoms with Gasteiger partial charge in [-0.2, -0.15) is 0 Å². The third kappa shape index (κ3) is 3.68. The molecule has 2 N–H and O–H groups in total. The second kappa shape index (κ2) is 6.69. The van der Waals surface area contributed by atoms with E-state index in [1.807, 2.05) is 6.92 Å². The van der Waals surface area contributed by atoms with E-state index in [0.29, 0.717) is 18.9 Å². The molecule has 0 aliphatic carbocycles. The van der Waals surface area contributed by atoms with Crippen molar-refractivity contribution >= 4 is 11.8 Å². The predicted molar refractivity (Wildman–Crippen MR) is 79.5 cm³/mol. The number of hydrogen-bond acceptors (Lipinski definition) is 4. The third-order valence-corrected chi connectivity index (χ3v) is 3.04. The highest BCUT2D eigenvalue weighted by molar-refractivity contribution is 5.87. The van der Waals surface area contributed by atoms with Crippen LogP contribution in [0.4, 0.5) is 5.82 Å². The van der Waals surface area contributed by atoms with E-state index < -0.39 is 5.97 Å². The molecule has 0 saturated heterocycles. The maximum atomic E-state index is 12.1. The van der Waals surface area contributed by atoms with Gasteiger partial charge in [-0.25, -0.2) is 9.78 Å². The van der Waals surface area contributed by atoms with Gasteiger partial charge in [0, 0.05) is 25.5 Å². The van der Waals surface area contributed by atoms with Crippen molar-refractivity contribution in [1.82, 2.24) is 9.55 Å². The molecule has 2 rings (SSSR count). The van der Waals surface area contributed by atoms with Crippen LogP contribution in [0.5, 0.6) is 0 Å². The van der Waals surface area contributed by atoms with Crippen LogP contribution in [0.1, 0.15) is 29.3 Å². The molecule has 1 aromatic heterocycles. The Balaban J connectivity index is 2.08. The minimum absolute atomic E-state index is 0.151. The van der Waals surface area contributed by atoms with Crippen molar-refractivity contribution in [2.75, 3.05) is 5.32 Å². The number of nitrogens with zero attached hydrogens (tertiary/aromatic N) is 2. The van der Waals surface area contributed by atoms with Crippen LogP contribution in [0.2, 0.25) is 0 Å². The molecule has 6 nitrogen and oxygen atoms in total. The Bertz CT molecular complexity index is 677. The minimum Gasteiger partial charge on any atom is -0.478 e. The fourth-order valence-corrected chi connectivity index (χ4v) is 1.94. The number of carboxylic acids is 1. The number of benzene rings is 1. The topological polar surface area (TPSA) is 84.2 Å². The molecule has 0 saturated carbocycles. The van der Waals surface area contributed by atoms with Crippen molar-refractivity contribution in [3.63, 3.8) is 0 Å². The Hall–Kier alpha value is -2.63. The highest BCUT2D eigenvalue weighted by Crippen LogP contribution is 2.06. The van der Waals surface area contributed by atoms with Crippen LogP contribution < -0.4 is 10.9 Å². The van der Waals surface area contributed by atoms with Crippen molar-refractivity contribution in [2.45, 2.75) is 26.4 Å². The number of carboxylic acid groups (broad SMARTS) is 1. The van der Waals surface area contributed by atoms with Crippen LogP contribution in [-0.4, -0.2) is 20.6 Å². The Labute approximate surface area is 122 Å². The Morgan fingerprint density at radius 2 is 2.05 bits per heavy atom. The monoisotopic (exact) mass is 287 g/mol. The van der Waals surface area contributed by atoms with Crippen LogP contribution in [-0.2, 0) is 13.1 Å². The molecule has 110 valence electrons. The van der Waals surface area contributed by atoms with E-state index in [4.69, 9.17) is 5.11 Å². The van der Waals surface area contributed by atoms with E-state index in [1.54, 1.807) is 29.1 Å². The van der Waals surface area contributed by atoms with Gasteiger partial charge in [-0.1, -0.05) is 19.1 Å². The van der Waals surface area contributed by atoms with E-state index in [2.05, 4.69) is 10.3 Å². The normalized spacial score (nSPS) is 10.3. The standard InChI is InChI=1S/C15H17N3O3/c1-2-8-18-9-7-16-13(14(18)19)17-10-11-3-5-12(6-4-11)15(20)21/h3-7,9H,2,8,10H2,1H3,(H,16,17)(H,20,21). The number of nitrogens with one attached hydrogen (secondary N) is 1. The van der Waals surface area contributed by atoms with Crippen molar-refractivity contribution in [3.8, 4) is 0 Å². The van der Waals surface area contributed by atoms with Crippen molar-refractivity contribution < 1.29 is 9.90 Å². The quantitative estimate of drug-likeness (QED) is 0.848. The zero-order chi connectivity index (χ0) is 15.2. The van der Waals surface area contributed by atoms with Gasteiger partial charge in [0.15, 0.2) is 5.82 Å². The summed E-state index contributed by atoms with van der Waals surface area (Å²) < 4.78 is 1.61. The minimum atomic E-state index is -0.957. The van der Waals surface area contributed by atoms with Crippen LogP contribution in [0.25, 0.3) is 0 Å². The van der Waals surface area contributed by atoms with Crippen molar-refractivity contribution in [1.29, 1.82) is 0 Å². The van der Waals surface area contributed by atoms with E-state index in [9.17, 15) is 9.59 Å². The zero-order valence-corrected chi connectivity index (χ0v) is 11.7. The number of anilines is 1. The van der Waals surface area contributed by atoms with E-state index in [-0.39, 0.29) is 11.1 Å². The number of aryl methyl sites for hydroxylation is 1. The second-order valence-corrected chi connectivity index (χ2v) is 4.63. The molecule has 0 bridgehead atoms. The summed E-state index contributed by atoms with van der Waals surface area (Å²) in [5.41, 5.74) is 0.968. The summed E-state index contributed by atoms with van der Waals surface area (Å²) in [6, 6.07) is 6.49. The lowest BCUT2D eigenvalue weighted by Gasteiger charge is -2.08. The van der Waals surface area contributed by atoms with Gasteiger partial charge in [0.25, 0.3) is 5.56 Å². The summed E-state index contributed by atoms with van der Waals surface area (Å²) in [7, 11) is 0. The first-order valence-corrected chi connectivity index (χ1v) is 6.73. The molecule has 0 atom stereocenters. The molecule has 2 aromatic rings. The average Bonchev–Trinajstić information content (AvgIpc) is 2.49. The molecular formula is C15H17N3O3. The molecule has 0 radical (unpaired) electrons. The Morgan fingerprint density at radius 1 is 1.33 bits per heavy atom. The van der Waals surface area contributed by atoms with Gasteiger partial charge in [-0.15, -0.1) is 0 Å². The summed E-state index contributed by atoms with van der Waals surface area (Å²) in [4.78, 5) is 26.9. The first kappa shape index (κ1) is 14.8. The van der Waals surface area contributed by atoms with Crippen molar-refractivity contribution in [2.24, 2.45) is 0 Å². The maximum Gasteiger partial charge on any atom is 0.335 e. The highest BCUT2D eigenvalue weighted by atomic mass is 16.4. The van der Waals surface area contributed by atoms with Crippen LogP contribution in [0.15, 0.2) is 41.5 Å². The zero-order valence-electron chi connectivity index (χ0n) is 11.7. The summed E-state index contributed by atoms with van der Waals surface area (Å²) >= 11 is 0. The first-order chi connectivity index (χ1) is 10.1. The molecule has 0 fully saturated rings. The molecule has 1 aromatic carbocycles. The van der Waals surface area contributed by atoms with E-state index in [0.717, 1.165) is 12.0 Å².